The zero-order valence-corrected chi connectivity index (χ0v) is 10.8. The highest BCUT2D eigenvalue weighted by molar-refractivity contribution is 7.92. The van der Waals surface area contributed by atoms with Gasteiger partial charge in [-0.25, -0.2) is 12.8 Å². The van der Waals surface area contributed by atoms with E-state index in [0.29, 0.717) is 5.56 Å². The van der Waals surface area contributed by atoms with Crippen molar-refractivity contribution >= 4 is 9.84 Å². The number of hydrogen-bond acceptors (Lipinski definition) is 2. The van der Waals surface area contributed by atoms with Gasteiger partial charge in [0.1, 0.15) is 10.7 Å². The fourth-order valence-electron chi connectivity index (χ4n) is 1.55. The molecular weight excluding hydrogens is 272 g/mol. The van der Waals surface area contributed by atoms with Crippen LogP contribution < -0.4 is 0 Å². The molecule has 0 bridgehead atoms. The van der Waals surface area contributed by atoms with E-state index in [0.717, 1.165) is 13.0 Å². The molecule has 0 aromatic heterocycles. The van der Waals surface area contributed by atoms with Gasteiger partial charge >= 0.3 is 5.51 Å². The molecule has 0 saturated carbocycles. The van der Waals surface area contributed by atoms with Crippen molar-refractivity contribution < 1.29 is 26.0 Å². The lowest BCUT2D eigenvalue weighted by molar-refractivity contribution is -0.0438. The molecule has 0 spiro atoms. The Morgan fingerprint density at radius 2 is 1.67 bits per heavy atom. The van der Waals surface area contributed by atoms with Gasteiger partial charge in [-0.05, 0) is 30.0 Å². The van der Waals surface area contributed by atoms with E-state index in [1.165, 1.54) is 6.07 Å². The predicted molar refractivity (Wildman–Crippen MR) is 58.5 cm³/mol. The molecule has 0 heterocycles. The third kappa shape index (κ3) is 2.50. The number of halogens is 4. The van der Waals surface area contributed by atoms with Crippen molar-refractivity contribution in [2.45, 2.75) is 37.1 Å². The Bertz CT molecular complexity index is 536. The molecule has 7 heteroatoms. The first-order chi connectivity index (χ1) is 7.98. The molecule has 0 N–H and O–H groups in total. The second-order valence-electron chi connectivity index (χ2n) is 4.25. The molecule has 0 unspecified atom stereocenters. The van der Waals surface area contributed by atoms with Crippen LogP contribution in [0.2, 0.25) is 0 Å². The fraction of sp³-hybridized carbons (Fsp3) is 0.455. The Hall–Kier alpha value is -1.11. The third-order valence-corrected chi connectivity index (χ3v) is 4.16. The van der Waals surface area contributed by atoms with E-state index in [4.69, 9.17) is 0 Å². The van der Waals surface area contributed by atoms with Crippen molar-refractivity contribution in [3.63, 3.8) is 0 Å². The Morgan fingerprint density at radius 1 is 1.17 bits per heavy atom. The first-order valence-corrected chi connectivity index (χ1v) is 6.58. The topological polar surface area (TPSA) is 34.1 Å². The van der Waals surface area contributed by atoms with Crippen molar-refractivity contribution in [2.75, 3.05) is 0 Å². The van der Waals surface area contributed by atoms with Crippen molar-refractivity contribution in [3.05, 3.63) is 29.1 Å². The molecule has 0 saturated heterocycles. The van der Waals surface area contributed by atoms with Crippen LogP contribution in [-0.4, -0.2) is 13.9 Å². The van der Waals surface area contributed by atoms with Gasteiger partial charge in [0, 0.05) is 0 Å². The predicted octanol–water partition coefficient (Wildman–Crippen LogP) is 3.55. The molecule has 102 valence electrons. The maximum Gasteiger partial charge on any atom is 0.502 e. The number of hydrogen-bond donors (Lipinski definition) is 0. The molecule has 1 aromatic carbocycles. The van der Waals surface area contributed by atoms with Crippen molar-refractivity contribution in [2.24, 2.45) is 0 Å². The van der Waals surface area contributed by atoms with Gasteiger partial charge in [-0.15, -0.1) is 0 Å². The second-order valence-corrected chi connectivity index (χ2v) is 6.13. The number of rotatable bonds is 2. The lowest BCUT2D eigenvalue weighted by Crippen LogP contribution is -2.25. The molecule has 0 radical (unpaired) electrons. The number of alkyl halides is 3. The standard InChI is InChI=1S/C11H12F4O2S/c1-6(2)8-4-7(3)10(9(12)5-8)18(16,17)11(13,14)15/h4-6H,1-3H3. The van der Waals surface area contributed by atoms with E-state index in [2.05, 4.69) is 0 Å². The summed E-state index contributed by atoms with van der Waals surface area (Å²) >= 11 is 0. The SMILES string of the molecule is Cc1cc(C(C)C)cc(F)c1S(=O)(=O)C(F)(F)F. The van der Waals surface area contributed by atoms with Crippen LogP contribution in [0.1, 0.15) is 30.9 Å². The minimum atomic E-state index is -5.66. The third-order valence-electron chi connectivity index (χ3n) is 2.49. The molecule has 0 aliphatic carbocycles. The van der Waals surface area contributed by atoms with Crippen LogP contribution in [0, 0.1) is 12.7 Å². The normalized spacial score (nSPS) is 13.1. The molecule has 0 aliphatic rings. The first-order valence-electron chi connectivity index (χ1n) is 5.10. The van der Waals surface area contributed by atoms with E-state index in [1.807, 2.05) is 0 Å². The van der Waals surface area contributed by atoms with E-state index in [9.17, 15) is 26.0 Å². The number of sulfone groups is 1. The van der Waals surface area contributed by atoms with Crippen LogP contribution in [0.4, 0.5) is 17.6 Å². The monoisotopic (exact) mass is 284 g/mol. The molecule has 0 amide bonds. The average Bonchev–Trinajstić information content (AvgIpc) is 2.13. The molecule has 1 aromatic rings. The summed E-state index contributed by atoms with van der Waals surface area (Å²) in [5.41, 5.74) is -5.29. The summed E-state index contributed by atoms with van der Waals surface area (Å²) in [6, 6.07) is 2.09. The minimum absolute atomic E-state index is 0.110. The van der Waals surface area contributed by atoms with Crippen LogP contribution in [0.15, 0.2) is 17.0 Å². The highest BCUT2D eigenvalue weighted by atomic mass is 32.2. The number of aryl methyl sites for hydroxylation is 1. The summed E-state index contributed by atoms with van der Waals surface area (Å²) in [5.74, 6) is -1.48. The molecular formula is C11H12F4O2S. The lowest BCUT2D eigenvalue weighted by Gasteiger charge is -2.14. The Kier molecular flexibility index (Phi) is 3.76. The summed E-state index contributed by atoms with van der Waals surface area (Å²) in [6.45, 7) is 4.60. The van der Waals surface area contributed by atoms with Crippen molar-refractivity contribution in [1.29, 1.82) is 0 Å². The van der Waals surface area contributed by atoms with Gasteiger partial charge < -0.3 is 0 Å². The summed E-state index contributed by atoms with van der Waals surface area (Å²) in [7, 11) is -5.66. The first kappa shape index (κ1) is 14.9. The summed E-state index contributed by atoms with van der Waals surface area (Å²) in [5, 5.41) is 0. The van der Waals surface area contributed by atoms with E-state index >= 15 is 0 Å². The molecule has 1 rings (SSSR count). The molecule has 0 fully saturated rings. The fourth-order valence-corrected chi connectivity index (χ4v) is 2.58. The zero-order valence-electron chi connectivity index (χ0n) is 9.97. The van der Waals surface area contributed by atoms with Crippen LogP contribution >= 0.6 is 0 Å². The lowest BCUT2D eigenvalue weighted by atomic mass is 10.0. The van der Waals surface area contributed by atoms with Crippen molar-refractivity contribution in [3.8, 4) is 0 Å². The molecule has 0 aliphatic heterocycles. The highest BCUT2D eigenvalue weighted by Gasteiger charge is 2.49. The van der Waals surface area contributed by atoms with Gasteiger partial charge in [0.25, 0.3) is 9.84 Å². The summed E-state index contributed by atoms with van der Waals surface area (Å²) < 4.78 is 73.2. The van der Waals surface area contributed by atoms with E-state index in [1.54, 1.807) is 13.8 Å². The van der Waals surface area contributed by atoms with Crippen molar-refractivity contribution in [1.82, 2.24) is 0 Å². The summed E-state index contributed by atoms with van der Waals surface area (Å²) in [6.07, 6.45) is 0. The smallest absolute Gasteiger partial charge is 0.214 e. The minimum Gasteiger partial charge on any atom is -0.214 e. The molecule has 0 atom stereocenters. The average molecular weight is 284 g/mol. The maximum absolute atomic E-state index is 13.6. The van der Waals surface area contributed by atoms with E-state index in [-0.39, 0.29) is 11.5 Å². The van der Waals surface area contributed by atoms with Crippen LogP contribution in [-0.2, 0) is 9.84 Å². The Balaban J connectivity index is 3.55. The van der Waals surface area contributed by atoms with E-state index < -0.39 is 26.1 Å². The Morgan fingerprint density at radius 3 is 2.00 bits per heavy atom. The van der Waals surface area contributed by atoms with Gasteiger partial charge in [0.05, 0.1) is 0 Å². The van der Waals surface area contributed by atoms with Gasteiger partial charge in [-0.3, -0.25) is 0 Å². The van der Waals surface area contributed by atoms with Gasteiger partial charge in [0.15, 0.2) is 0 Å². The number of benzene rings is 1. The van der Waals surface area contributed by atoms with Gasteiger partial charge in [0.2, 0.25) is 0 Å². The molecule has 18 heavy (non-hydrogen) atoms. The maximum atomic E-state index is 13.6. The van der Waals surface area contributed by atoms with Crippen LogP contribution in [0.25, 0.3) is 0 Å². The van der Waals surface area contributed by atoms with Crippen LogP contribution in [0.5, 0.6) is 0 Å². The van der Waals surface area contributed by atoms with Crippen LogP contribution in [0.3, 0.4) is 0 Å². The Labute approximate surface area is 103 Å². The van der Waals surface area contributed by atoms with Gasteiger partial charge in [-0.2, -0.15) is 13.2 Å². The summed E-state index contributed by atoms with van der Waals surface area (Å²) in [4.78, 5) is -1.29. The highest BCUT2D eigenvalue weighted by Crippen LogP contribution is 2.34. The zero-order chi connectivity index (χ0) is 14.3. The van der Waals surface area contributed by atoms with Gasteiger partial charge in [-0.1, -0.05) is 19.9 Å². The second kappa shape index (κ2) is 4.53. The largest absolute Gasteiger partial charge is 0.502 e. The molecule has 2 nitrogen and oxygen atoms in total. The quantitative estimate of drug-likeness (QED) is 0.778.